The van der Waals surface area contributed by atoms with Gasteiger partial charge in [0, 0.05) is 51.5 Å². The van der Waals surface area contributed by atoms with Crippen molar-refractivity contribution in [1.29, 1.82) is 0 Å². The first-order chi connectivity index (χ1) is 16.4. The summed E-state index contributed by atoms with van der Waals surface area (Å²) < 4.78 is 32.2. The lowest BCUT2D eigenvalue weighted by molar-refractivity contribution is 0.00353. The van der Waals surface area contributed by atoms with Gasteiger partial charge in [-0.2, -0.15) is 0 Å². The molecule has 2 aliphatic heterocycles. The fourth-order valence-electron chi connectivity index (χ4n) is 4.11. The molecule has 8 nitrogen and oxygen atoms in total. The van der Waals surface area contributed by atoms with Gasteiger partial charge >= 0.3 is 6.09 Å². The molecule has 0 radical (unpaired) electrons. The molecule has 35 heavy (non-hydrogen) atoms. The van der Waals surface area contributed by atoms with Crippen molar-refractivity contribution in [2.75, 3.05) is 32.4 Å². The van der Waals surface area contributed by atoms with E-state index in [0.29, 0.717) is 31.8 Å². The van der Waals surface area contributed by atoms with Crippen molar-refractivity contribution >= 4 is 23.3 Å². The van der Waals surface area contributed by atoms with Gasteiger partial charge in [0.2, 0.25) is 5.88 Å². The van der Waals surface area contributed by atoms with Crippen LogP contribution in [0.4, 0.5) is 4.79 Å². The molecule has 2 fully saturated rings. The molecule has 0 aromatic rings. The van der Waals surface area contributed by atoms with Crippen LogP contribution >= 0.6 is 0 Å². The highest BCUT2D eigenvalue weighted by atomic mass is 32.2. The van der Waals surface area contributed by atoms with E-state index in [4.69, 9.17) is 14.2 Å². The zero-order chi connectivity index (χ0) is 26.2. The lowest BCUT2D eigenvalue weighted by Crippen LogP contribution is -2.43. The second kappa shape index (κ2) is 13.4. The second-order valence-electron chi connectivity index (χ2n) is 10.2. The standard InChI is InChI=1S/C26H45N3O5S/c1-9-19(3)23(32-21-13-17-29(18-14-21)35(8)31)20(4)24(27-10-2)33-22-11-15-28(16-12-22)25(30)34-26(5,6)7/h10,21-22H,9,11-18H2,1-8H3/b23-19-,24-20+,27-10-. The Morgan fingerprint density at radius 3 is 2.06 bits per heavy atom. The molecule has 2 aliphatic rings. The Kier molecular flexibility index (Phi) is 11.3. The molecule has 0 aliphatic carbocycles. The number of aliphatic imine (C=N–C) groups is 1. The number of hydrogen-bond acceptors (Lipinski definition) is 6. The maximum absolute atomic E-state index is 12.4. The SMILES string of the molecule is C\C=N/C(OC1CCN(C(=O)OC(C)(C)C)CC1)=C(C)\C(OC1CCN(S(C)=O)CC1)=C(/C)CC. The quantitative estimate of drug-likeness (QED) is 0.255. The number of carbonyl (C=O) groups is 1. The fourth-order valence-corrected chi connectivity index (χ4v) is 4.84. The summed E-state index contributed by atoms with van der Waals surface area (Å²) in [4.78, 5) is 18.7. The Hall–Kier alpha value is -1.87. The predicted molar refractivity (Wildman–Crippen MR) is 142 cm³/mol. The molecular formula is C26H45N3O5S. The van der Waals surface area contributed by atoms with Crippen LogP contribution in [0.1, 0.15) is 80.6 Å². The summed E-state index contributed by atoms with van der Waals surface area (Å²) in [6.45, 7) is 16.4. The van der Waals surface area contributed by atoms with Gasteiger partial charge in [0.25, 0.3) is 0 Å². The van der Waals surface area contributed by atoms with E-state index in [2.05, 4.69) is 18.8 Å². The Morgan fingerprint density at radius 1 is 1.03 bits per heavy atom. The molecule has 0 saturated carbocycles. The number of nitrogens with zero attached hydrogens (tertiary/aromatic N) is 3. The Morgan fingerprint density at radius 2 is 1.57 bits per heavy atom. The molecule has 9 heteroatoms. The number of rotatable bonds is 8. The smallest absolute Gasteiger partial charge is 0.410 e. The van der Waals surface area contributed by atoms with Crippen LogP contribution in [-0.2, 0) is 25.2 Å². The van der Waals surface area contributed by atoms with Crippen molar-refractivity contribution in [2.24, 2.45) is 4.99 Å². The van der Waals surface area contributed by atoms with E-state index < -0.39 is 16.6 Å². The topological polar surface area (TPSA) is 80.7 Å². The largest absolute Gasteiger partial charge is 0.490 e. The summed E-state index contributed by atoms with van der Waals surface area (Å²) in [5.74, 6) is 1.41. The molecule has 0 aromatic heterocycles. The van der Waals surface area contributed by atoms with E-state index in [0.717, 1.165) is 49.3 Å². The van der Waals surface area contributed by atoms with Gasteiger partial charge in [-0.25, -0.2) is 18.3 Å². The average molecular weight is 512 g/mol. The number of carbonyl (C=O) groups excluding carboxylic acids is 1. The first-order valence-corrected chi connectivity index (χ1v) is 14.3. The number of allylic oxidation sites excluding steroid dienone is 2. The lowest BCUT2D eigenvalue weighted by atomic mass is 10.1. The van der Waals surface area contributed by atoms with Gasteiger partial charge < -0.3 is 19.1 Å². The van der Waals surface area contributed by atoms with Crippen molar-refractivity contribution < 1.29 is 23.2 Å². The van der Waals surface area contributed by atoms with Crippen LogP contribution in [0.15, 0.2) is 27.8 Å². The first kappa shape index (κ1) is 29.4. The molecule has 0 aromatic carbocycles. The molecule has 0 spiro atoms. The van der Waals surface area contributed by atoms with E-state index >= 15 is 0 Å². The van der Waals surface area contributed by atoms with Crippen LogP contribution in [0.5, 0.6) is 0 Å². The number of hydrogen-bond donors (Lipinski definition) is 0. The number of ether oxygens (including phenoxy) is 3. The number of amides is 1. The van der Waals surface area contributed by atoms with E-state index in [9.17, 15) is 9.00 Å². The predicted octanol–water partition coefficient (Wildman–Crippen LogP) is 5.18. The minimum Gasteiger partial charge on any atom is -0.490 e. The van der Waals surface area contributed by atoms with Crippen molar-refractivity contribution in [1.82, 2.24) is 9.21 Å². The zero-order valence-corrected chi connectivity index (χ0v) is 23.7. The van der Waals surface area contributed by atoms with E-state index in [1.54, 1.807) is 17.4 Å². The van der Waals surface area contributed by atoms with Gasteiger partial charge in [-0.05, 0) is 66.4 Å². The lowest BCUT2D eigenvalue weighted by Gasteiger charge is -2.34. The van der Waals surface area contributed by atoms with Crippen LogP contribution in [-0.4, -0.2) is 76.0 Å². The third-order valence-corrected chi connectivity index (χ3v) is 7.34. The van der Waals surface area contributed by atoms with Crippen molar-refractivity contribution in [3.8, 4) is 0 Å². The molecule has 1 unspecified atom stereocenters. The Labute approximate surface area is 214 Å². The Bertz CT molecular complexity index is 830. The molecule has 2 rings (SSSR count). The first-order valence-electron chi connectivity index (χ1n) is 12.7. The molecule has 200 valence electrons. The van der Waals surface area contributed by atoms with Crippen LogP contribution < -0.4 is 0 Å². The normalized spacial score (nSPS) is 21.4. The van der Waals surface area contributed by atoms with Gasteiger partial charge in [0.05, 0.1) is 16.6 Å². The van der Waals surface area contributed by atoms with Crippen LogP contribution in [0, 0.1) is 0 Å². The highest BCUT2D eigenvalue weighted by molar-refractivity contribution is 7.81. The summed E-state index contributed by atoms with van der Waals surface area (Å²) in [6.07, 6.45) is 7.20. The molecule has 0 N–H and O–H groups in total. The average Bonchev–Trinajstić information content (AvgIpc) is 2.81. The van der Waals surface area contributed by atoms with Gasteiger partial charge in [-0.15, -0.1) is 0 Å². The fraction of sp³-hybridized carbons (Fsp3) is 0.769. The van der Waals surface area contributed by atoms with E-state index in [1.165, 1.54) is 0 Å². The molecule has 2 saturated heterocycles. The summed E-state index contributed by atoms with van der Waals surface area (Å²) in [5.41, 5.74) is 1.53. The third kappa shape index (κ3) is 9.26. The second-order valence-corrected chi connectivity index (χ2v) is 11.6. The highest BCUT2D eigenvalue weighted by Gasteiger charge is 2.29. The van der Waals surface area contributed by atoms with Crippen molar-refractivity contribution in [3.63, 3.8) is 0 Å². The zero-order valence-electron chi connectivity index (χ0n) is 22.9. The van der Waals surface area contributed by atoms with E-state index in [-0.39, 0.29) is 18.3 Å². The van der Waals surface area contributed by atoms with Crippen LogP contribution in [0.3, 0.4) is 0 Å². The molecule has 2 heterocycles. The maximum atomic E-state index is 12.4. The maximum Gasteiger partial charge on any atom is 0.410 e. The number of piperidine rings is 2. The van der Waals surface area contributed by atoms with E-state index in [1.807, 2.05) is 38.9 Å². The highest BCUT2D eigenvalue weighted by Crippen LogP contribution is 2.29. The molecular weight excluding hydrogens is 466 g/mol. The summed E-state index contributed by atoms with van der Waals surface area (Å²) in [7, 11) is -0.939. The molecule has 0 bridgehead atoms. The number of likely N-dealkylation sites (tertiary alicyclic amines) is 1. The van der Waals surface area contributed by atoms with Crippen molar-refractivity contribution in [2.45, 2.75) is 98.4 Å². The molecule has 1 amide bonds. The third-order valence-electron chi connectivity index (χ3n) is 6.25. The summed E-state index contributed by atoms with van der Waals surface area (Å²) in [5, 5.41) is 0. The van der Waals surface area contributed by atoms with Crippen LogP contribution in [0.25, 0.3) is 0 Å². The van der Waals surface area contributed by atoms with Gasteiger partial charge in [0.15, 0.2) is 0 Å². The van der Waals surface area contributed by atoms with Gasteiger partial charge in [-0.3, -0.25) is 0 Å². The van der Waals surface area contributed by atoms with Crippen LogP contribution in [0.2, 0.25) is 0 Å². The van der Waals surface area contributed by atoms with Crippen molar-refractivity contribution in [3.05, 3.63) is 22.8 Å². The minimum absolute atomic E-state index is 0.0340. The molecule has 1 atom stereocenters. The summed E-state index contributed by atoms with van der Waals surface area (Å²) in [6, 6.07) is 0. The summed E-state index contributed by atoms with van der Waals surface area (Å²) >= 11 is 0. The van der Waals surface area contributed by atoms with Gasteiger partial charge in [-0.1, -0.05) is 6.92 Å². The minimum atomic E-state index is -0.939. The monoisotopic (exact) mass is 511 g/mol. The van der Waals surface area contributed by atoms with Gasteiger partial charge in [0.1, 0.15) is 23.6 Å². The Balaban J connectivity index is 2.09.